The van der Waals surface area contributed by atoms with Crippen molar-refractivity contribution < 1.29 is 17.6 Å². The molecule has 5 rings (SSSR count). The highest BCUT2D eigenvalue weighted by Crippen LogP contribution is 2.29. The number of amides is 1. The third-order valence-electron chi connectivity index (χ3n) is 5.38. The number of hydrogen-bond acceptors (Lipinski definition) is 6. The van der Waals surface area contributed by atoms with Crippen molar-refractivity contribution in [3.8, 4) is 10.6 Å². The minimum absolute atomic E-state index is 0.178. The number of hydrogen-bond donors (Lipinski definition) is 1. The normalized spacial score (nSPS) is 15.3. The van der Waals surface area contributed by atoms with Gasteiger partial charge in [0.15, 0.2) is 0 Å². The molecule has 1 aromatic carbocycles. The number of rotatable bonds is 4. The van der Waals surface area contributed by atoms with Crippen LogP contribution in [0.3, 0.4) is 0 Å². The number of carbonyl (C=O) groups excluding carboxylic acids is 1. The Labute approximate surface area is 187 Å². The first kappa shape index (κ1) is 20.7. The maximum atomic E-state index is 14.0. The Morgan fingerprint density at radius 1 is 1.06 bits per heavy atom. The van der Waals surface area contributed by atoms with Gasteiger partial charge in [0.05, 0.1) is 6.20 Å². The van der Waals surface area contributed by atoms with Gasteiger partial charge in [-0.2, -0.15) is 4.31 Å². The van der Waals surface area contributed by atoms with Crippen LogP contribution in [0, 0.1) is 5.82 Å². The van der Waals surface area contributed by atoms with E-state index in [2.05, 4.69) is 15.0 Å². The van der Waals surface area contributed by atoms with Crippen LogP contribution < -0.4 is 0 Å². The molecule has 0 aliphatic carbocycles. The lowest BCUT2D eigenvalue weighted by atomic mass is 10.2. The van der Waals surface area contributed by atoms with E-state index >= 15 is 0 Å². The van der Waals surface area contributed by atoms with Gasteiger partial charge in [0, 0.05) is 49.5 Å². The molecule has 4 heterocycles. The predicted octanol–water partition coefficient (Wildman–Crippen LogP) is 2.97. The van der Waals surface area contributed by atoms with Crippen LogP contribution in [0.25, 0.3) is 21.6 Å². The van der Waals surface area contributed by atoms with E-state index in [1.54, 1.807) is 41.4 Å². The number of nitrogens with zero attached hydrogens (tertiary/aromatic N) is 4. The van der Waals surface area contributed by atoms with Gasteiger partial charge in [-0.15, -0.1) is 11.3 Å². The molecule has 1 aliphatic heterocycles. The minimum atomic E-state index is -3.72. The van der Waals surface area contributed by atoms with E-state index in [9.17, 15) is 17.6 Å². The molecule has 0 atom stereocenters. The third-order valence-corrected chi connectivity index (χ3v) is 8.33. The molecule has 1 aliphatic rings. The molecular formula is C21H18FN5O3S2. The fraction of sp³-hybridized carbons (Fsp3) is 0.190. The number of benzene rings is 1. The second-order valence-electron chi connectivity index (χ2n) is 7.26. The average Bonchev–Trinajstić information content (AvgIpc) is 3.47. The molecule has 1 amide bonds. The summed E-state index contributed by atoms with van der Waals surface area (Å²) in [7, 11) is -3.72. The van der Waals surface area contributed by atoms with Crippen LogP contribution in [0.4, 0.5) is 4.39 Å². The molecule has 1 fully saturated rings. The highest BCUT2D eigenvalue weighted by atomic mass is 32.2. The average molecular weight is 472 g/mol. The van der Waals surface area contributed by atoms with E-state index in [1.165, 1.54) is 22.8 Å². The minimum Gasteiger partial charge on any atom is -0.345 e. The van der Waals surface area contributed by atoms with E-state index < -0.39 is 15.8 Å². The van der Waals surface area contributed by atoms with E-state index in [0.717, 1.165) is 11.3 Å². The van der Waals surface area contributed by atoms with Gasteiger partial charge < -0.3 is 9.88 Å². The molecule has 164 valence electrons. The van der Waals surface area contributed by atoms with Crippen LogP contribution in [-0.4, -0.2) is 64.7 Å². The number of aromatic nitrogens is 3. The molecule has 0 unspecified atom stereocenters. The molecule has 0 saturated carbocycles. The largest absolute Gasteiger partial charge is 0.345 e. The van der Waals surface area contributed by atoms with Crippen LogP contribution >= 0.6 is 11.3 Å². The summed E-state index contributed by atoms with van der Waals surface area (Å²) in [6.45, 7) is 0.872. The number of fused-ring (bicyclic) bond motifs is 1. The smallest absolute Gasteiger partial charge is 0.265 e. The fourth-order valence-electron chi connectivity index (χ4n) is 3.70. The van der Waals surface area contributed by atoms with Crippen molar-refractivity contribution >= 4 is 38.3 Å². The van der Waals surface area contributed by atoms with Gasteiger partial charge in [-0.05, 0) is 24.3 Å². The molecule has 3 aromatic heterocycles. The SMILES string of the molecule is O=C(c1cnc(-c2ccccc2F)s1)N1CCN(S(=O)(=O)c2c[nH]c3ncccc23)CC1. The molecule has 0 bridgehead atoms. The van der Waals surface area contributed by atoms with Crippen molar-refractivity contribution in [3.05, 3.63) is 65.7 Å². The third kappa shape index (κ3) is 3.57. The van der Waals surface area contributed by atoms with Gasteiger partial charge in [0.1, 0.15) is 26.2 Å². The number of aromatic amines is 1. The lowest BCUT2D eigenvalue weighted by Gasteiger charge is -2.33. The zero-order valence-electron chi connectivity index (χ0n) is 16.7. The Balaban J connectivity index is 1.30. The van der Waals surface area contributed by atoms with Crippen molar-refractivity contribution in [1.82, 2.24) is 24.2 Å². The lowest BCUT2D eigenvalue weighted by Crippen LogP contribution is -2.50. The van der Waals surface area contributed by atoms with E-state index in [-0.39, 0.29) is 37.0 Å². The molecular weight excluding hydrogens is 453 g/mol. The number of pyridine rings is 1. The van der Waals surface area contributed by atoms with Crippen LogP contribution in [0.15, 0.2) is 59.9 Å². The highest BCUT2D eigenvalue weighted by molar-refractivity contribution is 7.89. The van der Waals surface area contributed by atoms with Crippen molar-refractivity contribution in [2.45, 2.75) is 4.90 Å². The summed E-state index contributed by atoms with van der Waals surface area (Å²) >= 11 is 1.12. The van der Waals surface area contributed by atoms with E-state index in [4.69, 9.17) is 0 Å². The van der Waals surface area contributed by atoms with Gasteiger partial charge in [-0.25, -0.2) is 22.8 Å². The summed E-state index contributed by atoms with van der Waals surface area (Å²) in [5.41, 5.74) is 0.858. The molecule has 32 heavy (non-hydrogen) atoms. The van der Waals surface area contributed by atoms with Crippen LogP contribution in [0.1, 0.15) is 9.67 Å². The topological polar surface area (TPSA) is 99.3 Å². The molecule has 1 N–H and O–H groups in total. The Morgan fingerprint density at radius 2 is 1.84 bits per heavy atom. The first-order chi connectivity index (χ1) is 15.4. The van der Waals surface area contributed by atoms with Crippen molar-refractivity contribution in [1.29, 1.82) is 0 Å². The number of halogens is 1. The van der Waals surface area contributed by atoms with Gasteiger partial charge in [-0.1, -0.05) is 12.1 Å². The van der Waals surface area contributed by atoms with Gasteiger partial charge in [0.2, 0.25) is 10.0 Å². The van der Waals surface area contributed by atoms with Crippen molar-refractivity contribution in [2.75, 3.05) is 26.2 Å². The number of nitrogens with one attached hydrogen (secondary N) is 1. The monoisotopic (exact) mass is 471 g/mol. The standard InChI is InChI=1S/C21H18FN5O3S2/c22-16-6-2-1-4-14(16)20-25-12-17(31-20)21(28)26-8-10-27(11-9-26)32(29,30)18-13-24-19-15(18)5-3-7-23-19/h1-7,12-13H,8-11H2,(H,23,24). The first-order valence-electron chi connectivity index (χ1n) is 9.87. The van der Waals surface area contributed by atoms with Gasteiger partial charge in [0.25, 0.3) is 5.91 Å². The number of piperazine rings is 1. The van der Waals surface area contributed by atoms with E-state index in [0.29, 0.717) is 26.5 Å². The summed E-state index contributed by atoms with van der Waals surface area (Å²) in [6, 6.07) is 9.68. The van der Waals surface area contributed by atoms with Gasteiger partial charge >= 0.3 is 0 Å². The summed E-state index contributed by atoms with van der Waals surface area (Å²) < 4.78 is 41.7. The number of carbonyl (C=O) groups is 1. The van der Waals surface area contributed by atoms with Crippen molar-refractivity contribution in [2.24, 2.45) is 0 Å². The Morgan fingerprint density at radius 3 is 2.62 bits per heavy atom. The molecule has 0 radical (unpaired) electrons. The molecule has 11 heteroatoms. The summed E-state index contributed by atoms with van der Waals surface area (Å²) in [5, 5.41) is 0.969. The molecule has 1 saturated heterocycles. The number of H-pyrrole nitrogens is 1. The van der Waals surface area contributed by atoms with Crippen LogP contribution in [0.2, 0.25) is 0 Å². The zero-order chi connectivity index (χ0) is 22.3. The summed E-state index contributed by atoms with van der Waals surface area (Å²) in [5.74, 6) is -0.634. The predicted molar refractivity (Wildman–Crippen MR) is 118 cm³/mol. The number of thiazole rings is 1. The summed E-state index contributed by atoms with van der Waals surface area (Å²) in [6.07, 6.45) is 4.49. The van der Waals surface area contributed by atoms with Crippen LogP contribution in [-0.2, 0) is 10.0 Å². The Bertz CT molecular complexity index is 1410. The molecule has 0 spiro atoms. The zero-order valence-corrected chi connectivity index (χ0v) is 18.4. The lowest BCUT2D eigenvalue weighted by molar-refractivity contribution is 0.0702. The first-order valence-corrected chi connectivity index (χ1v) is 12.1. The molecule has 8 nitrogen and oxygen atoms in total. The summed E-state index contributed by atoms with van der Waals surface area (Å²) in [4.78, 5) is 26.3. The Hall–Kier alpha value is -3.15. The van der Waals surface area contributed by atoms with Crippen molar-refractivity contribution in [3.63, 3.8) is 0 Å². The maximum absolute atomic E-state index is 14.0. The second kappa shape index (κ2) is 8.08. The maximum Gasteiger partial charge on any atom is 0.265 e. The molecule has 4 aromatic rings. The Kier molecular flexibility index (Phi) is 5.24. The second-order valence-corrected chi connectivity index (χ2v) is 10.2. The van der Waals surface area contributed by atoms with Crippen LogP contribution in [0.5, 0.6) is 0 Å². The van der Waals surface area contributed by atoms with Gasteiger partial charge in [-0.3, -0.25) is 4.79 Å². The quantitative estimate of drug-likeness (QED) is 0.493. The highest BCUT2D eigenvalue weighted by Gasteiger charge is 2.32. The van der Waals surface area contributed by atoms with E-state index in [1.807, 2.05) is 0 Å². The number of sulfonamides is 1. The fourth-order valence-corrected chi connectivity index (χ4v) is 6.19.